The minimum absolute atomic E-state index is 0.0856. The molecule has 3 fully saturated rings. The lowest BCUT2D eigenvalue weighted by Gasteiger charge is -2.51. The fourth-order valence-corrected chi connectivity index (χ4v) is 9.10. The normalized spacial score (nSPS) is 31.2. The van der Waals surface area contributed by atoms with Crippen molar-refractivity contribution in [2.45, 2.75) is 28.5 Å². The molecule has 3 aromatic rings. The van der Waals surface area contributed by atoms with E-state index in [-0.39, 0.29) is 35.3 Å². The third-order valence-corrected chi connectivity index (χ3v) is 11.5. The van der Waals surface area contributed by atoms with Gasteiger partial charge in [0.25, 0.3) is 11.8 Å². The predicted molar refractivity (Wildman–Crippen MR) is 165 cm³/mol. The molecular formula is C32H23BrCl2N2O7. The van der Waals surface area contributed by atoms with Gasteiger partial charge in [-0.1, -0.05) is 64.0 Å². The SMILES string of the molecule is O=C(O)c1cccc(N2C(=O)C3CC=C4C(CC5(Cl)C(=O)N(CBr)C(=O)C5(Cl)C4c4c(O)ccc5ccccc45)C3C2=O)c1. The number of rotatable bonds is 4. The number of fused-ring (bicyclic) bond motifs is 5. The zero-order valence-electron chi connectivity index (χ0n) is 22.7. The van der Waals surface area contributed by atoms with Crippen molar-refractivity contribution in [3.63, 3.8) is 0 Å². The second-order valence-electron chi connectivity index (χ2n) is 11.6. The summed E-state index contributed by atoms with van der Waals surface area (Å²) in [4.78, 5) is 65.4. The van der Waals surface area contributed by atoms with E-state index in [1.54, 1.807) is 24.3 Å². The van der Waals surface area contributed by atoms with Gasteiger partial charge in [0.1, 0.15) is 5.75 Å². The molecule has 12 heteroatoms. The van der Waals surface area contributed by atoms with Gasteiger partial charge in [-0.05, 0) is 53.8 Å². The molecule has 1 saturated carbocycles. The number of carboxylic acid groups (broad SMARTS) is 1. The monoisotopic (exact) mass is 696 g/mol. The smallest absolute Gasteiger partial charge is 0.335 e. The Hall–Kier alpha value is -3.73. The van der Waals surface area contributed by atoms with E-state index in [0.29, 0.717) is 16.5 Å². The fourth-order valence-electron chi connectivity index (χ4n) is 7.69. The highest BCUT2D eigenvalue weighted by molar-refractivity contribution is 9.09. The highest BCUT2D eigenvalue weighted by Gasteiger charge is 2.76. The van der Waals surface area contributed by atoms with Crippen LogP contribution in [0.4, 0.5) is 5.69 Å². The van der Waals surface area contributed by atoms with Crippen LogP contribution in [0.25, 0.3) is 10.8 Å². The largest absolute Gasteiger partial charge is 0.508 e. The molecule has 2 heterocycles. The zero-order valence-corrected chi connectivity index (χ0v) is 25.8. The maximum absolute atomic E-state index is 14.2. The number of phenols is 1. The molecule has 4 amide bonds. The van der Waals surface area contributed by atoms with Gasteiger partial charge in [0, 0.05) is 11.5 Å². The quantitative estimate of drug-likeness (QED) is 0.167. The molecule has 2 N–H and O–H groups in total. The minimum atomic E-state index is -2.06. The van der Waals surface area contributed by atoms with E-state index < -0.39 is 63.0 Å². The van der Waals surface area contributed by atoms with Crippen molar-refractivity contribution in [3.8, 4) is 5.75 Å². The van der Waals surface area contributed by atoms with E-state index in [1.807, 2.05) is 12.1 Å². The van der Waals surface area contributed by atoms with Gasteiger partial charge in [-0.2, -0.15) is 0 Å². The van der Waals surface area contributed by atoms with Gasteiger partial charge in [-0.15, -0.1) is 23.2 Å². The first kappa shape index (κ1) is 29.0. The number of anilines is 1. The number of amides is 4. The number of likely N-dealkylation sites (tertiary alicyclic amines) is 1. The van der Waals surface area contributed by atoms with E-state index in [4.69, 9.17) is 23.2 Å². The molecule has 9 nitrogen and oxygen atoms in total. The summed E-state index contributed by atoms with van der Waals surface area (Å²) >= 11 is 17.8. The molecule has 6 atom stereocenters. The molecule has 2 saturated heterocycles. The van der Waals surface area contributed by atoms with Gasteiger partial charge in [-0.25, -0.2) is 4.79 Å². The van der Waals surface area contributed by atoms with Crippen LogP contribution in [0.5, 0.6) is 5.75 Å². The summed E-state index contributed by atoms with van der Waals surface area (Å²) < 4.78 is 0. The van der Waals surface area contributed by atoms with E-state index in [2.05, 4.69) is 15.9 Å². The summed E-state index contributed by atoms with van der Waals surface area (Å²) in [6.07, 6.45) is 1.71. The number of benzene rings is 3. The highest BCUT2D eigenvalue weighted by Crippen LogP contribution is 2.66. The third-order valence-electron chi connectivity index (χ3n) is 9.60. The Bertz CT molecular complexity index is 1880. The molecule has 4 aliphatic rings. The number of carbonyl (C=O) groups excluding carboxylic acids is 4. The Labute approximate surface area is 269 Å². The molecule has 0 aromatic heterocycles. The van der Waals surface area contributed by atoms with Crippen LogP contribution in [0.3, 0.4) is 0 Å². The van der Waals surface area contributed by atoms with Crippen LogP contribution >= 0.6 is 39.1 Å². The molecule has 224 valence electrons. The van der Waals surface area contributed by atoms with Gasteiger partial charge >= 0.3 is 5.97 Å². The van der Waals surface area contributed by atoms with Crippen molar-refractivity contribution < 1.29 is 34.2 Å². The number of allylic oxidation sites excluding steroid dienone is 2. The van der Waals surface area contributed by atoms with Gasteiger partial charge < -0.3 is 10.2 Å². The molecule has 0 spiro atoms. The number of aromatic hydroxyl groups is 1. The lowest BCUT2D eigenvalue weighted by Crippen LogP contribution is -2.60. The Morgan fingerprint density at radius 2 is 1.70 bits per heavy atom. The summed E-state index contributed by atoms with van der Waals surface area (Å²) in [6.45, 7) is 0. The van der Waals surface area contributed by atoms with Gasteiger partial charge in [0.2, 0.25) is 11.8 Å². The Kier molecular flexibility index (Phi) is 6.52. The second-order valence-corrected chi connectivity index (χ2v) is 13.3. The van der Waals surface area contributed by atoms with Crippen molar-refractivity contribution in [2.24, 2.45) is 17.8 Å². The Morgan fingerprint density at radius 1 is 0.955 bits per heavy atom. The number of alkyl halides is 3. The Balaban J connectivity index is 1.43. The highest BCUT2D eigenvalue weighted by atomic mass is 79.9. The third kappa shape index (κ3) is 3.61. The summed E-state index contributed by atoms with van der Waals surface area (Å²) in [5, 5.41) is 22.2. The zero-order chi connectivity index (χ0) is 31.3. The van der Waals surface area contributed by atoms with Gasteiger partial charge in [0.05, 0.1) is 28.5 Å². The minimum Gasteiger partial charge on any atom is -0.508 e. The number of nitrogens with zero attached hydrogens (tertiary/aromatic N) is 2. The number of halogens is 3. The summed E-state index contributed by atoms with van der Waals surface area (Å²) in [5.41, 5.74) is 0.724. The molecule has 0 radical (unpaired) electrons. The summed E-state index contributed by atoms with van der Waals surface area (Å²) in [7, 11) is 0. The second kappa shape index (κ2) is 9.89. The standard InChI is InChI=1S/C32H23BrCl2N2O7/c33-14-36-29(43)31(34)13-21-19(25(32(31,35)30(36)44)24-18-7-2-1-4-15(18)8-11-22(24)38)9-10-20-23(21)27(40)37(26(20)39)17-6-3-5-16(12-17)28(41)42/h1-9,11-12,20-21,23,25,38H,10,13-14H2,(H,41,42). The van der Waals surface area contributed by atoms with Gasteiger partial charge in [0.15, 0.2) is 9.75 Å². The van der Waals surface area contributed by atoms with Crippen LogP contribution in [-0.2, 0) is 19.2 Å². The fraction of sp³-hybridized carbons (Fsp3) is 0.281. The number of phenolic OH excluding ortho intramolecular Hbond substituents is 1. The summed E-state index contributed by atoms with van der Waals surface area (Å²) in [6, 6.07) is 16.0. The van der Waals surface area contributed by atoms with Gasteiger partial charge in [-0.3, -0.25) is 29.0 Å². The van der Waals surface area contributed by atoms with Crippen LogP contribution < -0.4 is 4.90 Å². The van der Waals surface area contributed by atoms with Crippen LogP contribution in [0, 0.1) is 17.8 Å². The lowest BCUT2D eigenvalue weighted by atomic mass is 9.56. The number of aromatic carboxylic acids is 1. The van der Waals surface area contributed by atoms with E-state index >= 15 is 0 Å². The molecular weight excluding hydrogens is 675 g/mol. The number of imide groups is 2. The first-order valence-electron chi connectivity index (χ1n) is 13.9. The molecule has 7 rings (SSSR count). The topological polar surface area (TPSA) is 132 Å². The van der Waals surface area contributed by atoms with Crippen LogP contribution in [-0.4, -0.2) is 59.9 Å². The van der Waals surface area contributed by atoms with Crippen molar-refractivity contribution in [1.29, 1.82) is 0 Å². The molecule has 3 aromatic carbocycles. The van der Waals surface area contributed by atoms with Crippen LogP contribution in [0.1, 0.15) is 34.7 Å². The van der Waals surface area contributed by atoms with Crippen molar-refractivity contribution in [1.82, 2.24) is 4.90 Å². The summed E-state index contributed by atoms with van der Waals surface area (Å²) in [5.74, 6) is -7.57. The average molecular weight is 698 g/mol. The first-order chi connectivity index (χ1) is 21.0. The van der Waals surface area contributed by atoms with Crippen LogP contribution in [0.15, 0.2) is 72.3 Å². The Morgan fingerprint density at radius 3 is 2.43 bits per heavy atom. The number of carbonyl (C=O) groups is 5. The van der Waals surface area contributed by atoms with Crippen molar-refractivity contribution in [2.75, 3.05) is 10.4 Å². The molecule has 0 bridgehead atoms. The van der Waals surface area contributed by atoms with E-state index in [0.717, 1.165) is 15.2 Å². The molecule has 44 heavy (non-hydrogen) atoms. The molecule has 6 unspecified atom stereocenters. The molecule has 2 aliphatic carbocycles. The molecule has 2 aliphatic heterocycles. The number of hydrogen-bond acceptors (Lipinski definition) is 6. The van der Waals surface area contributed by atoms with E-state index in [9.17, 15) is 34.2 Å². The number of hydrogen-bond donors (Lipinski definition) is 2. The van der Waals surface area contributed by atoms with Crippen LogP contribution in [0.2, 0.25) is 0 Å². The average Bonchev–Trinajstić information content (AvgIpc) is 3.35. The first-order valence-corrected chi connectivity index (χ1v) is 15.7. The lowest BCUT2D eigenvalue weighted by molar-refractivity contribution is -0.138. The van der Waals surface area contributed by atoms with Crippen molar-refractivity contribution in [3.05, 3.63) is 83.4 Å². The van der Waals surface area contributed by atoms with E-state index in [1.165, 1.54) is 30.3 Å². The van der Waals surface area contributed by atoms with Crippen molar-refractivity contribution >= 4 is 85.2 Å². The maximum Gasteiger partial charge on any atom is 0.335 e. The maximum atomic E-state index is 14.2. The predicted octanol–water partition coefficient (Wildman–Crippen LogP) is 5.16. The number of carboxylic acids is 1.